The molecule has 0 atom stereocenters. The Bertz CT molecular complexity index is 329. The summed E-state index contributed by atoms with van der Waals surface area (Å²) in [5.74, 6) is -0.0803. The highest BCUT2D eigenvalue weighted by molar-refractivity contribution is 5.91. The molecular weight excluding hydrogens is 162 g/mol. The number of carbonyl (C=O) groups excluding carboxylic acids is 1. The second kappa shape index (κ2) is 4.45. The van der Waals surface area contributed by atoms with Gasteiger partial charge in [-0.2, -0.15) is 0 Å². The van der Waals surface area contributed by atoms with Crippen molar-refractivity contribution in [1.29, 1.82) is 0 Å². The molecule has 1 amide bonds. The Balaban J connectivity index is 2.80. The van der Waals surface area contributed by atoms with E-state index in [2.05, 4.69) is 5.32 Å². The maximum atomic E-state index is 10.9. The van der Waals surface area contributed by atoms with E-state index in [9.17, 15) is 4.79 Å². The van der Waals surface area contributed by atoms with E-state index in [0.29, 0.717) is 0 Å². The van der Waals surface area contributed by atoms with E-state index in [1.165, 1.54) is 11.6 Å². The van der Waals surface area contributed by atoms with E-state index in [4.69, 9.17) is 0 Å². The van der Waals surface area contributed by atoms with Gasteiger partial charge in [0.1, 0.15) is 0 Å². The average molecular weight is 175 g/mol. The minimum Gasteiger partial charge on any atom is -0.356 e. The molecule has 2 nitrogen and oxygen atoms in total. The van der Waals surface area contributed by atoms with Gasteiger partial charge in [0.25, 0.3) is 0 Å². The molecule has 0 saturated carbocycles. The van der Waals surface area contributed by atoms with E-state index in [-0.39, 0.29) is 5.91 Å². The Labute approximate surface area is 78.3 Å². The molecule has 1 aromatic rings. The van der Waals surface area contributed by atoms with Gasteiger partial charge >= 0.3 is 0 Å². The zero-order chi connectivity index (χ0) is 9.68. The molecule has 1 aromatic carbocycles. The number of hydrogen-bond acceptors (Lipinski definition) is 1. The van der Waals surface area contributed by atoms with Gasteiger partial charge in [-0.05, 0) is 24.1 Å². The van der Waals surface area contributed by atoms with Crippen LogP contribution in [0, 0.1) is 6.92 Å². The summed E-state index contributed by atoms with van der Waals surface area (Å²) in [6.45, 7) is 2.02. The van der Waals surface area contributed by atoms with Crippen LogP contribution in [0.25, 0.3) is 6.08 Å². The number of aryl methyl sites for hydroxylation is 1. The van der Waals surface area contributed by atoms with Crippen molar-refractivity contribution < 1.29 is 4.79 Å². The van der Waals surface area contributed by atoms with Crippen LogP contribution in [-0.4, -0.2) is 13.0 Å². The van der Waals surface area contributed by atoms with Gasteiger partial charge in [-0.25, -0.2) is 0 Å². The van der Waals surface area contributed by atoms with Gasteiger partial charge in [-0.15, -0.1) is 0 Å². The standard InChI is InChI=1S/C11H13NO/c1-9-5-3-4-6-10(9)7-8-11(13)12-2/h3-8H,1-2H3,(H,12,13). The molecule has 0 fully saturated rings. The van der Waals surface area contributed by atoms with Crippen LogP contribution in [0.4, 0.5) is 0 Å². The predicted molar refractivity (Wildman–Crippen MR) is 54.3 cm³/mol. The van der Waals surface area contributed by atoms with Gasteiger partial charge in [0.05, 0.1) is 0 Å². The minimum atomic E-state index is -0.0803. The van der Waals surface area contributed by atoms with Gasteiger partial charge < -0.3 is 5.32 Å². The maximum Gasteiger partial charge on any atom is 0.243 e. The summed E-state index contributed by atoms with van der Waals surface area (Å²) >= 11 is 0. The van der Waals surface area contributed by atoms with E-state index in [0.717, 1.165) is 5.56 Å². The molecule has 2 heteroatoms. The van der Waals surface area contributed by atoms with Crippen molar-refractivity contribution in [2.45, 2.75) is 6.92 Å². The highest BCUT2D eigenvalue weighted by Crippen LogP contribution is 2.08. The van der Waals surface area contributed by atoms with Crippen molar-refractivity contribution in [2.24, 2.45) is 0 Å². The van der Waals surface area contributed by atoms with Gasteiger partial charge in [0, 0.05) is 13.1 Å². The van der Waals surface area contributed by atoms with Crippen molar-refractivity contribution in [2.75, 3.05) is 7.05 Å². The van der Waals surface area contributed by atoms with E-state index >= 15 is 0 Å². The predicted octanol–water partition coefficient (Wildman–Crippen LogP) is 1.75. The summed E-state index contributed by atoms with van der Waals surface area (Å²) in [7, 11) is 1.62. The Kier molecular flexibility index (Phi) is 3.26. The van der Waals surface area contributed by atoms with Crippen LogP contribution in [0.3, 0.4) is 0 Å². The number of likely N-dealkylation sites (N-methyl/N-ethyl adjacent to an activating group) is 1. The third kappa shape index (κ3) is 2.75. The Morgan fingerprint density at radius 1 is 1.38 bits per heavy atom. The average Bonchev–Trinajstić information content (AvgIpc) is 2.16. The van der Waals surface area contributed by atoms with E-state index in [1.54, 1.807) is 7.05 Å². The van der Waals surface area contributed by atoms with Crippen LogP contribution in [0.5, 0.6) is 0 Å². The molecular formula is C11H13NO. The van der Waals surface area contributed by atoms with Crippen molar-refractivity contribution in [3.63, 3.8) is 0 Å². The highest BCUT2D eigenvalue weighted by Gasteiger charge is 1.92. The van der Waals surface area contributed by atoms with Gasteiger partial charge in [-0.3, -0.25) is 4.79 Å². The first-order valence-electron chi connectivity index (χ1n) is 4.19. The topological polar surface area (TPSA) is 29.1 Å². The first-order chi connectivity index (χ1) is 6.24. The largest absolute Gasteiger partial charge is 0.356 e. The van der Waals surface area contributed by atoms with Crippen molar-refractivity contribution in [1.82, 2.24) is 5.32 Å². The molecule has 68 valence electrons. The molecule has 0 aliphatic carbocycles. The molecule has 0 saturated heterocycles. The molecule has 0 unspecified atom stereocenters. The number of benzene rings is 1. The lowest BCUT2D eigenvalue weighted by Gasteiger charge is -1.97. The molecule has 0 aliphatic heterocycles. The van der Waals surface area contributed by atoms with E-state index in [1.807, 2.05) is 37.3 Å². The van der Waals surface area contributed by atoms with Crippen LogP contribution >= 0.6 is 0 Å². The molecule has 1 rings (SSSR count). The molecule has 1 N–H and O–H groups in total. The third-order valence-corrected chi connectivity index (χ3v) is 1.85. The quantitative estimate of drug-likeness (QED) is 0.682. The van der Waals surface area contributed by atoms with E-state index < -0.39 is 0 Å². The second-order valence-corrected chi connectivity index (χ2v) is 2.80. The molecule has 13 heavy (non-hydrogen) atoms. The molecule has 0 aliphatic rings. The summed E-state index contributed by atoms with van der Waals surface area (Å²) in [4.78, 5) is 10.9. The highest BCUT2D eigenvalue weighted by atomic mass is 16.1. The zero-order valence-electron chi connectivity index (χ0n) is 7.87. The fourth-order valence-electron chi connectivity index (χ4n) is 1.02. The molecule has 0 spiro atoms. The number of carbonyl (C=O) groups is 1. The first-order valence-corrected chi connectivity index (χ1v) is 4.19. The lowest BCUT2D eigenvalue weighted by molar-refractivity contribution is -0.115. The Morgan fingerprint density at radius 3 is 2.69 bits per heavy atom. The monoisotopic (exact) mass is 175 g/mol. The van der Waals surface area contributed by atoms with Crippen molar-refractivity contribution in [3.8, 4) is 0 Å². The maximum absolute atomic E-state index is 10.9. The number of rotatable bonds is 2. The normalized spacial score (nSPS) is 10.3. The molecule has 0 heterocycles. The van der Waals surface area contributed by atoms with Crippen molar-refractivity contribution >= 4 is 12.0 Å². The summed E-state index contributed by atoms with van der Waals surface area (Å²) in [6.07, 6.45) is 3.34. The lowest BCUT2D eigenvalue weighted by atomic mass is 10.1. The molecule has 0 aromatic heterocycles. The Morgan fingerprint density at radius 2 is 2.08 bits per heavy atom. The van der Waals surface area contributed by atoms with Crippen LogP contribution in [0.15, 0.2) is 30.3 Å². The van der Waals surface area contributed by atoms with Crippen LogP contribution in [0.2, 0.25) is 0 Å². The van der Waals surface area contributed by atoms with Gasteiger partial charge in [0.2, 0.25) is 5.91 Å². The first kappa shape index (κ1) is 9.52. The van der Waals surface area contributed by atoms with Crippen LogP contribution < -0.4 is 5.32 Å². The SMILES string of the molecule is CNC(=O)C=Cc1ccccc1C. The molecule has 0 bridgehead atoms. The third-order valence-electron chi connectivity index (χ3n) is 1.85. The van der Waals surface area contributed by atoms with Crippen LogP contribution in [-0.2, 0) is 4.79 Å². The summed E-state index contributed by atoms with van der Waals surface area (Å²) < 4.78 is 0. The zero-order valence-corrected chi connectivity index (χ0v) is 7.87. The fraction of sp³-hybridized carbons (Fsp3) is 0.182. The smallest absolute Gasteiger partial charge is 0.243 e. The van der Waals surface area contributed by atoms with Gasteiger partial charge in [0.15, 0.2) is 0 Å². The summed E-state index contributed by atoms with van der Waals surface area (Å²) in [5, 5.41) is 2.53. The number of amides is 1. The Hall–Kier alpha value is -1.57. The summed E-state index contributed by atoms with van der Waals surface area (Å²) in [5.41, 5.74) is 2.24. The van der Waals surface area contributed by atoms with Crippen molar-refractivity contribution in [3.05, 3.63) is 41.5 Å². The van der Waals surface area contributed by atoms with Gasteiger partial charge in [-0.1, -0.05) is 24.3 Å². The number of nitrogens with one attached hydrogen (secondary N) is 1. The summed E-state index contributed by atoms with van der Waals surface area (Å²) in [6, 6.07) is 7.93. The second-order valence-electron chi connectivity index (χ2n) is 2.80. The number of hydrogen-bond donors (Lipinski definition) is 1. The van der Waals surface area contributed by atoms with Crippen LogP contribution in [0.1, 0.15) is 11.1 Å². The fourth-order valence-corrected chi connectivity index (χ4v) is 1.02. The minimum absolute atomic E-state index is 0.0803. The molecule has 0 radical (unpaired) electrons. The lowest BCUT2D eigenvalue weighted by Crippen LogP contribution is -2.13.